The van der Waals surface area contributed by atoms with Crippen molar-refractivity contribution in [3.8, 4) is 0 Å². The Morgan fingerprint density at radius 2 is 1.93 bits per heavy atom. The number of carbonyl (C=O) groups excluding carboxylic acids is 1. The number of ether oxygens (including phenoxy) is 1. The number of nitrogens with one attached hydrogen (secondary N) is 2. The minimum atomic E-state index is -0.129. The summed E-state index contributed by atoms with van der Waals surface area (Å²) in [4.78, 5) is 19.5. The van der Waals surface area contributed by atoms with E-state index in [1.807, 2.05) is 18.2 Å². The molecule has 2 heterocycles. The van der Waals surface area contributed by atoms with Crippen molar-refractivity contribution in [2.24, 2.45) is 0 Å². The Hall–Kier alpha value is -2.44. The molecule has 28 heavy (non-hydrogen) atoms. The molecule has 1 amide bonds. The van der Waals surface area contributed by atoms with Crippen molar-refractivity contribution in [1.82, 2.24) is 9.88 Å². The number of aromatic nitrogens is 1. The summed E-state index contributed by atoms with van der Waals surface area (Å²) in [6.07, 6.45) is 1.67. The van der Waals surface area contributed by atoms with Crippen molar-refractivity contribution in [2.75, 3.05) is 50.0 Å². The third-order valence-electron chi connectivity index (χ3n) is 4.84. The second kappa shape index (κ2) is 9.17. The van der Waals surface area contributed by atoms with Crippen LogP contribution in [0.25, 0.3) is 0 Å². The molecule has 2 aromatic rings. The number of hydrogen-bond donors (Lipinski definition) is 2. The van der Waals surface area contributed by atoms with Crippen molar-refractivity contribution in [1.29, 1.82) is 0 Å². The molecule has 0 spiro atoms. The average molecular weight is 383 g/mol. The Balaban J connectivity index is 1.61. The van der Waals surface area contributed by atoms with Gasteiger partial charge in [0.1, 0.15) is 5.82 Å². The minimum Gasteiger partial charge on any atom is -0.379 e. The largest absolute Gasteiger partial charge is 0.379 e. The second-order valence-corrected chi connectivity index (χ2v) is 8.06. The molecule has 0 unspecified atom stereocenters. The summed E-state index contributed by atoms with van der Waals surface area (Å²) < 4.78 is 5.37. The number of para-hydroxylation sites is 1. The first-order chi connectivity index (χ1) is 13.4. The summed E-state index contributed by atoms with van der Waals surface area (Å²) >= 11 is 0. The minimum absolute atomic E-state index is 0.0473. The van der Waals surface area contributed by atoms with Crippen molar-refractivity contribution < 1.29 is 9.53 Å². The van der Waals surface area contributed by atoms with E-state index in [9.17, 15) is 4.79 Å². The van der Waals surface area contributed by atoms with Crippen LogP contribution in [0.2, 0.25) is 0 Å². The van der Waals surface area contributed by atoms with E-state index in [4.69, 9.17) is 4.74 Å². The molecule has 0 saturated carbocycles. The first-order valence-corrected chi connectivity index (χ1v) is 9.84. The zero-order chi connectivity index (χ0) is 20.0. The molecule has 0 bridgehead atoms. The molecule has 3 rings (SSSR count). The predicted molar refractivity (Wildman–Crippen MR) is 113 cm³/mol. The summed E-state index contributed by atoms with van der Waals surface area (Å²) in [5.41, 5.74) is 2.50. The highest BCUT2D eigenvalue weighted by molar-refractivity contribution is 6.05. The number of morpholine rings is 1. The Labute approximate surface area is 167 Å². The van der Waals surface area contributed by atoms with Gasteiger partial charge < -0.3 is 15.4 Å². The van der Waals surface area contributed by atoms with E-state index in [1.54, 1.807) is 18.3 Å². The van der Waals surface area contributed by atoms with E-state index in [0.29, 0.717) is 11.4 Å². The van der Waals surface area contributed by atoms with E-state index in [1.165, 1.54) is 0 Å². The van der Waals surface area contributed by atoms with Gasteiger partial charge in [-0.25, -0.2) is 4.98 Å². The molecule has 0 aliphatic carbocycles. The average Bonchev–Trinajstić information content (AvgIpc) is 2.69. The normalized spacial score (nSPS) is 15.2. The predicted octanol–water partition coefficient (Wildman–Crippen LogP) is 3.38. The number of hydrogen-bond acceptors (Lipinski definition) is 5. The Morgan fingerprint density at radius 3 is 2.68 bits per heavy atom. The van der Waals surface area contributed by atoms with Crippen molar-refractivity contribution >= 4 is 17.4 Å². The Bertz CT molecular complexity index is 795. The van der Waals surface area contributed by atoms with Crippen LogP contribution in [0.15, 0.2) is 42.6 Å². The monoisotopic (exact) mass is 382 g/mol. The Kier molecular flexibility index (Phi) is 6.65. The second-order valence-electron chi connectivity index (χ2n) is 8.06. The molecule has 6 heteroatoms. The number of amides is 1. The van der Waals surface area contributed by atoms with Gasteiger partial charge in [0.25, 0.3) is 5.91 Å². The van der Waals surface area contributed by atoms with Crippen LogP contribution in [-0.4, -0.2) is 55.2 Å². The molecular weight excluding hydrogens is 352 g/mol. The molecule has 1 aromatic heterocycles. The molecule has 1 fully saturated rings. The molecule has 0 atom stereocenters. The van der Waals surface area contributed by atoms with Gasteiger partial charge in [0.2, 0.25) is 0 Å². The van der Waals surface area contributed by atoms with Crippen LogP contribution in [0.3, 0.4) is 0 Å². The van der Waals surface area contributed by atoms with Crippen LogP contribution in [0.5, 0.6) is 0 Å². The van der Waals surface area contributed by atoms with Gasteiger partial charge in [-0.1, -0.05) is 39.0 Å². The first-order valence-electron chi connectivity index (χ1n) is 9.84. The van der Waals surface area contributed by atoms with Crippen LogP contribution in [-0.2, 0) is 10.2 Å². The van der Waals surface area contributed by atoms with Crippen LogP contribution in [0.4, 0.5) is 11.5 Å². The molecular formula is C22H30N4O2. The molecule has 150 valence electrons. The van der Waals surface area contributed by atoms with Crippen molar-refractivity contribution in [3.05, 3.63) is 53.7 Å². The molecule has 1 aromatic carbocycles. The molecule has 0 radical (unpaired) electrons. The highest BCUT2D eigenvalue weighted by atomic mass is 16.5. The van der Waals surface area contributed by atoms with Gasteiger partial charge in [-0.2, -0.15) is 0 Å². The zero-order valence-electron chi connectivity index (χ0n) is 17.0. The lowest BCUT2D eigenvalue weighted by Gasteiger charge is -2.26. The van der Waals surface area contributed by atoms with E-state index in [0.717, 1.165) is 50.6 Å². The van der Waals surface area contributed by atoms with Gasteiger partial charge in [0.15, 0.2) is 0 Å². The lowest BCUT2D eigenvalue weighted by molar-refractivity contribution is 0.0398. The van der Waals surface area contributed by atoms with Gasteiger partial charge in [0.05, 0.1) is 13.2 Å². The summed E-state index contributed by atoms with van der Waals surface area (Å²) in [6.45, 7) is 11.7. The number of anilines is 2. The van der Waals surface area contributed by atoms with E-state index in [2.05, 4.69) is 47.4 Å². The zero-order valence-corrected chi connectivity index (χ0v) is 17.0. The fourth-order valence-electron chi connectivity index (χ4n) is 3.28. The third kappa shape index (κ3) is 5.53. The summed E-state index contributed by atoms with van der Waals surface area (Å²) in [5, 5.41) is 6.36. The summed E-state index contributed by atoms with van der Waals surface area (Å²) in [6, 6.07) is 11.5. The molecule has 1 aliphatic heterocycles. The van der Waals surface area contributed by atoms with Crippen molar-refractivity contribution in [3.63, 3.8) is 0 Å². The lowest BCUT2D eigenvalue weighted by atomic mass is 9.86. The topological polar surface area (TPSA) is 66.5 Å². The molecule has 6 nitrogen and oxygen atoms in total. The quantitative estimate of drug-likeness (QED) is 0.802. The van der Waals surface area contributed by atoms with Crippen LogP contribution >= 0.6 is 0 Å². The molecule has 1 saturated heterocycles. The van der Waals surface area contributed by atoms with Crippen molar-refractivity contribution in [2.45, 2.75) is 26.2 Å². The maximum Gasteiger partial charge on any atom is 0.255 e. The van der Waals surface area contributed by atoms with Gasteiger partial charge in [-0.3, -0.25) is 9.69 Å². The number of nitrogens with zero attached hydrogens (tertiary/aromatic N) is 2. The maximum absolute atomic E-state index is 12.8. The van der Waals surface area contributed by atoms with E-state index in [-0.39, 0.29) is 11.3 Å². The van der Waals surface area contributed by atoms with Gasteiger partial charge in [-0.15, -0.1) is 0 Å². The fourth-order valence-corrected chi connectivity index (χ4v) is 3.28. The van der Waals surface area contributed by atoms with E-state index >= 15 is 0 Å². The molecule has 2 N–H and O–H groups in total. The maximum atomic E-state index is 12.8. The fraction of sp³-hybridized carbons (Fsp3) is 0.455. The summed E-state index contributed by atoms with van der Waals surface area (Å²) in [7, 11) is 0. The highest BCUT2D eigenvalue weighted by Crippen LogP contribution is 2.29. The smallest absolute Gasteiger partial charge is 0.255 e. The number of pyridine rings is 1. The van der Waals surface area contributed by atoms with Gasteiger partial charge in [0, 0.05) is 43.6 Å². The highest BCUT2D eigenvalue weighted by Gasteiger charge is 2.19. The number of benzene rings is 1. The SMILES string of the molecule is CC(C)(C)c1ccccc1NC(=O)c1ccnc(NCCN2CCOCC2)c1. The van der Waals surface area contributed by atoms with Crippen LogP contribution in [0.1, 0.15) is 36.7 Å². The summed E-state index contributed by atoms with van der Waals surface area (Å²) in [5.74, 6) is 0.584. The Morgan fingerprint density at radius 1 is 1.18 bits per heavy atom. The van der Waals surface area contributed by atoms with Gasteiger partial charge >= 0.3 is 0 Å². The van der Waals surface area contributed by atoms with Gasteiger partial charge in [-0.05, 0) is 29.2 Å². The standard InChI is InChI=1S/C22H30N4O2/c1-22(2,3)18-6-4-5-7-19(18)25-21(27)17-8-9-23-20(16-17)24-10-11-26-12-14-28-15-13-26/h4-9,16H,10-15H2,1-3H3,(H,23,24)(H,25,27). The first kappa shape index (κ1) is 20.3. The molecule has 1 aliphatic rings. The van der Waals surface area contributed by atoms with Crippen LogP contribution in [0, 0.1) is 0 Å². The lowest BCUT2D eigenvalue weighted by Crippen LogP contribution is -2.39. The van der Waals surface area contributed by atoms with Crippen LogP contribution < -0.4 is 10.6 Å². The number of carbonyl (C=O) groups is 1. The third-order valence-corrected chi connectivity index (χ3v) is 4.84. The number of rotatable bonds is 6. The van der Waals surface area contributed by atoms with E-state index < -0.39 is 0 Å².